The van der Waals surface area contributed by atoms with Gasteiger partial charge in [-0.3, -0.25) is 0 Å². The molecule has 3 rings (SSSR count). The molecule has 1 aliphatic heterocycles. The highest BCUT2D eigenvalue weighted by Crippen LogP contribution is 2.22. The van der Waals surface area contributed by atoms with Crippen molar-refractivity contribution in [3.8, 4) is 0 Å². The van der Waals surface area contributed by atoms with Crippen LogP contribution < -0.4 is 0 Å². The number of aryl methyl sites for hydroxylation is 2. The van der Waals surface area contributed by atoms with E-state index in [1.54, 1.807) is 13.8 Å². The summed E-state index contributed by atoms with van der Waals surface area (Å²) in [5.41, 5.74) is 0.425. The third kappa shape index (κ3) is 4.05. The number of halogens is 1. The minimum absolute atomic E-state index is 0.170. The van der Waals surface area contributed by atoms with Crippen molar-refractivity contribution in [2.24, 2.45) is 0 Å². The average Bonchev–Trinajstić information content (AvgIpc) is 2.98. The summed E-state index contributed by atoms with van der Waals surface area (Å²) in [5, 5.41) is 7.75. The third-order valence-corrected chi connectivity index (χ3v) is 6.35. The van der Waals surface area contributed by atoms with Gasteiger partial charge in [0, 0.05) is 46.1 Å². The van der Waals surface area contributed by atoms with Crippen molar-refractivity contribution in [1.82, 2.24) is 19.4 Å². The molecule has 0 bridgehead atoms. The summed E-state index contributed by atoms with van der Waals surface area (Å²) in [6, 6.07) is 3.77. The predicted molar refractivity (Wildman–Crippen MR) is 89.1 cm³/mol. The van der Waals surface area contributed by atoms with E-state index in [0.29, 0.717) is 49.9 Å². The van der Waals surface area contributed by atoms with Gasteiger partial charge in [-0.05, 0) is 30.7 Å². The van der Waals surface area contributed by atoms with E-state index in [-0.39, 0.29) is 4.90 Å². The predicted octanol–water partition coefficient (Wildman–Crippen LogP) is 1.37. The Labute approximate surface area is 146 Å². The number of sulfonamides is 1. The van der Waals surface area contributed by atoms with Crippen molar-refractivity contribution in [3.05, 3.63) is 41.4 Å². The van der Waals surface area contributed by atoms with Gasteiger partial charge in [-0.15, -0.1) is 10.2 Å². The van der Waals surface area contributed by atoms with Gasteiger partial charge in [0.2, 0.25) is 21.8 Å². The first kappa shape index (κ1) is 18.0. The first-order chi connectivity index (χ1) is 11.9. The molecule has 2 aromatic rings. The number of hydrogen-bond acceptors (Lipinski definition) is 6. The molecule has 25 heavy (non-hydrogen) atoms. The largest absolute Gasteiger partial charge is 0.426 e. The molecule has 0 spiro atoms. The summed E-state index contributed by atoms with van der Waals surface area (Å²) in [4.78, 5) is 2.34. The highest BCUT2D eigenvalue weighted by molar-refractivity contribution is 7.89. The molecule has 1 aromatic carbocycles. The summed E-state index contributed by atoms with van der Waals surface area (Å²) >= 11 is 0. The molecule has 2 heterocycles. The zero-order valence-corrected chi connectivity index (χ0v) is 15.1. The molecule has 0 radical (unpaired) electrons. The molecule has 0 unspecified atom stereocenters. The maximum Gasteiger partial charge on any atom is 0.243 e. The van der Waals surface area contributed by atoms with Crippen LogP contribution in [0.1, 0.15) is 17.3 Å². The monoisotopic (exact) mass is 368 g/mol. The van der Waals surface area contributed by atoms with Gasteiger partial charge in [-0.25, -0.2) is 12.8 Å². The van der Waals surface area contributed by atoms with Gasteiger partial charge in [0.05, 0.1) is 4.90 Å². The van der Waals surface area contributed by atoms with E-state index in [2.05, 4.69) is 15.1 Å². The summed E-state index contributed by atoms with van der Waals surface area (Å²) in [6.07, 6.45) is 0.644. The Morgan fingerprint density at radius 1 is 1.16 bits per heavy atom. The van der Waals surface area contributed by atoms with Gasteiger partial charge in [0.1, 0.15) is 5.82 Å². The second-order valence-electron chi connectivity index (χ2n) is 6.12. The van der Waals surface area contributed by atoms with Crippen LogP contribution in [0.25, 0.3) is 0 Å². The molecule has 136 valence electrons. The van der Waals surface area contributed by atoms with Gasteiger partial charge < -0.3 is 9.32 Å². The van der Waals surface area contributed by atoms with Gasteiger partial charge in [0.25, 0.3) is 0 Å². The Balaban J connectivity index is 1.59. The standard InChI is InChI=1S/C16H21FN4O3S/c1-12-11-14(17)3-4-15(12)25(22,23)21-9-7-20(8-10-21)6-5-16-19-18-13(2)24-16/h3-4,11H,5-10H2,1-2H3. The quantitative estimate of drug-likeness (QED) is 0.793. The van der Waals surface area contributed by atoms with Crippen molar-refractivity contribution in [2.75, 3.05) is 32.7 Å². The first-order valence-corrected chi connectivity index (χ1v) is 9.58. The molecule has 1 saturated heterocycles. The van der Waals surface area contributed by atoms with E-state index < -0.39 is 15.8 Å². The number of nitrogens with zero attached hydrogens (tertiary/aromatic N) is 4. The zero-order valence-electron chi connectivity index (χ0n) is 14.3. The summed E-state index contributed by atoms with van der Waals surface area (Å²) < 4.78 is 45.5. The molecule has 7 nitrogen and oxygen atoms in total. The Morgan fingerprint density at radius 2 is 1.88 bits per heavy atom. The molecule has 0 N–H and O–H groups in total. The van der Waals surface area contributed by atoms with Crippen LogP contribution in [0.4, 0.5) is 4.39 Å². The molecule has 1 aromatic heterocycles. The summed E-state index contributed by atoms with van der Waals surface area (Å²) in [6.45, 7) is 6.17. The Bertz CT molecular complexity index is 845. The summed E-state index contributed by atoms with van der Waals surface area (Å²) in [5.74, 6) is 0.701. The number of hydrogen-bond donors (Lipinski definition) is 0. The number of piperazine rings is 1. The fourth-order valence-electron chi connectivity index (χ4n) is 2.93. The van der Waals surface area contributed by atoms with Crippen LogP contribution in [-0.4, -0.2) is 60.5 Å². The van der Waals surface area contributed by atoms with Crippen LogP contribution in [0, 0.1) is 19.7 Å². The first-order valence-electron chi connectivity index (χ1n) is 8.14. The fourth-order valence-corrected chi connectivity index (χ4v) is 4.56. The van der Waals surface area contributed by atoms with E-state index >= 15 is 0 Å². The molecular formula is C16H21FN4O3S. The highest BCUT2D eigenvalue weighted by Gasteiger charge is 2.29. The normalized spacial score (nSPS) is 17.1. The van der Waals surface area contributed by atoms with Gasteiger partial charge in [-0.1, -0.05) is 0 Å². The fraction of sp³-hybridized carbons (Fsp3) is 0.500. The van der Waals surface area contributed by atoms with E-state index in [0.717, 1.165) is 6.54 Å². The lowest BCUT2D eigenvalue weighted by Gasteiger charge is -2.34. The van der Waals surface area contributed by atoms with E-state index in [4.69, 9.17) is 4.42 Å². The van der Waals surface area contributed by atoms with E-state index in [1.807, 2.05) is 0 Å². The van der Waals surface area contributed by atoms with Crippen LogP contribution in [-0.2, 0) is 16.4 Å². The lowest BCUT2D eigenvalue weighted by Crippen LogP contribution is -2.49. The smallest absolute Gasteiger partial charge is 0.243 e. The van der Waals surface area contributed by atoms with Gasteiger partial charge >= 0.3 is 0 Å². The van der Waals surface area contributed by atoms with Crippen LogP contribution in [0.2, 0.25) is 0 Å². The van der Waals surface area contributed by atoms with Gasteiger partial charge in [0.15, 0.2) is 0 Å². The highest BCUT2D eigenvalue weighted by atomic mass is 32.2. The Morgan fingerprint density at radius 3 is 2.48 bits per heavy atom. The number of rotatable bonds is 5. The maximum absolute atomic E-state index is 13.2. The second kappa shape index (κ2) is 7.19. The number of benzene rings is 1. The molecule has 0 saturated carbocycles. The molecule has 0 amide bonds. The van der Waals surface area contributed by atoms with Crippen molar-refractivity contribution in [2.45, 2.75) is 25.2 Å². The number of aromatic nitrogens is 2. The SMILES string of the molecule is Cc1nnc(CCN2CCN(S(=O)(=O)c3ccc(F)cc3C)CC2)o1. The molecule has 1 aliphatic rings. The topological polar surface area (TPSA) is 79.5 Å². The van der Waals surface area contributed by atoms with Crippen molar-refractivity contribution < 1.29 is 17.2 Å². The van der Waals surface area contributed by atoms with Crippen LogP contribution in [0.5, 0.6) is 0 Å². The minimum atomic E-state index is -3.60. The van der Waals surface area contributed by atoms with E-state index in [1.165, 1.54) is 22.5 Å². The van der Waals surface area contributed by atoms with Crippen LogP contribution in [0.15, 0.2) is 27.5 Å². The maximum atomic E-state index is 13.2. The van der Waals surface area contributed by atoms with Crippen LogP contribution >= 0.6 is 0 Å². The Hall–Kier alpha value is -1.84. The third-order valence-electron chi connectivity index (χ3n) is 4.30. The second-order valence-corrected chi connectivity index (χ2v) is 8.03. The van der Waals surface area contributed by atoms with E-state index in [9.17, 15) is 12.8 Å². The van der Waals surface area contributed by atoms with Crippen LogP contribution in [0.3, 0.4) is 0 Å². The molecular weight excluding hydrogens is 347 g/mol. The summed E-state index contributed by atoms with van der Waals surface area (Å²) in [7, 11) is -3.60. The van der Waals surface area contributed by atoms with Crippen molar-refractivity contribution in [3.63, 3.8) is 0 Å². The minimum Gasteiger partial charge on any atom is -0.426 e. The van der Waals surface area contributed by atoms with Crippen molar-refractivity contribution >= 4 is 10.0 Å². The molecule has 0 aliphatic carbocycles. The lowest BCUT2D eigenvalue weighted by molar-refractivity contribution is 0.186. The Kier molecular flexibility index (Phi) is 5.16. The molecule has 9 heteroatoms. The molecule has 0 atom stereocenters. The van der Waals surface area contributed by atoms with Crippen molar-refractivity contribution in [1.29, 1.82) is 0 Å². The zero-order chi connectivity index (χ0) is 18.0. The average molecular weight is 368 g/mol. The van der Waals surface area contributed by atoms with Gasteiger partial charge in [-0.2, -0.15) is 4.31 Å². The lowest BCUT2D eigenvalue weighted by atomic mass is 10.2. The molecule has 1 fully saturated rings.